The van der Waals surface area contributed by atoms with Gasteiger partial charge in [-0.15, -0.1) is 0 Å². The summed E-state index contributed by atoms with van der Waals surface area (Å²) in [5.41, 5.74) is 1.61. The largest absolute Gasteiger partial charge is 0.461 e. The fraction of sp³-hybridized carbons (Fsp3) is 0.154. The molecule has 0 radical (unpaired) electrons. The summed E-state index contributed by atoms with van der Waals surface area (Å²) in [6.07, 6.45) is 1.72. The smallest absolute Gasteiger partial charge is 0.202 e. The number of Topliss-reactive ketones (excluding diaryl/α,β-unsaturated/α-hetero) is 1. The third-order valence-electron chi connectivity index (χ3n) is 2.39. The number of rotatable bonds is 3. The maximum atomic E-state index is 12.7. The minimum absolute atomic E-state index is 0.0888. The highest BCUT2D eigenvalue weighted by atomic mass is 19.1. The van der Waals surface area contributed by atoms with Crippen molar-refractivity contribution >= 4 is 5.78 Å². The maximum Gasteiger partial charge on any atom is 0.202 e. The van der Waals surface area contributed by atoms with E-state index >= 15 is 0 Å². The van der Waals surface area contributed by atoms with Crippen LogP contribution in [0.4, 0.5) is 4.39 Å². The number of benzene rings is 1. The van der Waals surface area contributed by atoms with E-state index < -0.39 is 0 Å². The molecule has 2 nitrogen and oxygen atoms in total. The van der Waals surface area contributed by atoms with Gasteiger partial charge in [-0.05, 0) is 36.2 Å². The lowest BCUT2D eigenvalue weighted by atomic mass is 10.1. The fourth-order valence-corrected chi connectivity index (χ4v) is 1.53. The van der Waals surface area contributed by atoms with E-state index in [4.69, 9.17) is 4.42 Å². The first-order chi connectivity index (χ1) is 7.66. The zero-order chi connectivity index (χ0) is 11.5. The molecule has 0 unspecified atom stereocenters. The summed E-state index contributed by atoms with van der Waals surface area (Å²) in [5.74, 6) is -0.0104. The van der Waals surface area contributed by atoms with Gasteiger partial charge in [-0.25, -0.2) is 4.39 Å². The molecule has 1 aromatic heterocycles. The van der Waals surface area contributed by atoms with E-state index in [1.54, 1.807) is 18.2 Å². The van der Waals surface area contributed by atoms with Gasteiger partial charge in [0.05, 0.1) is 6.26 Å². The molecule has 0 aliphatic carbocycles. The standard InChI is InChI=1S/C13H11FO2/c1-9-6-7-16-13(9)12(15)8-10-2-4-11(14)5-3-10/h2-7H,8H2,1H3. The van der Waals surface area contributed by atoms with Gasteiger partial charge in [0, 0.05) is 6.42 Å². The third kappa shape index (κ3) is 2.19. The Morgan fingerprint density at radius 1 is 1.25 bits per heavy atom. The van der Waals surface area contributed by atoms with Crippen LogP contribution in [0.15, 0.2) is 41.0 Å². The highest BCUT2D eigenvalue weighted by molar-refractivity contribution is 5.96. The molecule has 0 aliphatic rings. The van der Waals surface area contributed by atoms with Crippen LogP contribution in [0.2, 0.25) is 0 Å². The number of hydrogen-bond donors (Lipinski definition) is 0. The van der Waals surface area contributed by atoms with E-state index in [1.165, 1.54) is 18.4 Å². The van der Waals surface area contributed by atoms with Gasteiger partial charge in [-0.2, -0.15) is 0 Å². The molecule has 0 bridgehead atoms. The van der Waals surface area contributed by atoms with E-state index in [0.717, 1.165) is 11.1 Å². The van der Waals surface area contributed by atoms with Crippen LogP contribution in [-0.4, -0.2) is 5.78 Å². The molecule has 1 aromatic carbocycles. The SMILES string of the molecule is Cc1ccoc1C(=O)Cc1ccc(F)cc1. The van der Waals surface area contributed by atoms with Crippen LogP contribution in [0.5, 0.6) is 0 Å². The number of furan rings is 1. The van der Waals surface area contributed by atoms with Gasteiger partial charge in [-0.1, -0.05) is 12.1 Å². The van der Waals surface area contributed by atoms with Gasteiger partial charge in [0.2, 0.25) is 5.78 Å². The van der Waals surface area contributed by atoms with E-state index in [2.05, 4.69) is 0 Å². The fourth-order valence-electron chi connectivity index (χ4n) is 1.53. The Morgan fingerprint density at radius 2 is 1.94 bits per heavy atom. The minimum Gasteiger partial charge on any atom is -0.461 e. The first kappa shape index (κ1) is 10.6. The van der Waals surface area contributed by atoms with E-state index in [9.17, 15) is 9.18 Å². The number of hydrogen-bond acceptors (Lipinski definition) is 2. The minimum atomic E-state index is -0.301. The first-order valence-corrected chi connectivity index (χ1v) is 4.98. The summed E-state index contributed by atoms with van der Waals surface area (Å²) in [5, 5.41) is 0. The Morgan fingerprint density at radius 3 is 2.50 bits per heavy atom. The van der Waals surface area contributed by atoms with Crippen LogP contribution in [0.3, 0.4) is 0 Å². The monoisotopic (exact) mass is 218 g/mol. The summed E-state index contributed by atoms with van der Waals surface area (Å²) < 4.78 is 17.8. The van der Waals surface area contributed by atoms with Crippen LogP contribution in [0.25, 0.3) is 0 Å². The molecule has 0 aliphatic heterocycles. The van der Waals surface area contributed by atoms with Gasteiger partial charge >= 0.3 is 0 Å². The zero-order valence-electron chi connectivity index (χ0n) is 8.87. The normalized spacial score (nSPS) is 10.4. The van der Waals surface area contributed by atoms with Crippen molar-refractivity contribution in [1.82, 2.24) is 0 Å². The molecule has 0 amide bonds. The summed E-state index contributed by atoms with van der Waals surface area (Å²) >= 11 is 0. The Kier molecular flexibility index (Phi) is 2.86. The van der Waals surface area contributed by atoms with Crippen molar-refractivity contribution in [3.63, 3.8) is 0 Å². The van der Waals surface area contributed by atoms with Crippen LogP contribution in [0, 0.1) is 12.7 Å². The van der Waals surface area contributed by atoms with Gasteiger partial charge < -0.3 is 4.42 Å². The predicted octanol–water partition coefficient (Wildman–Crippen LogP) is 3.15. The molecule has 0 N–H and O–H groups in total. The second-order valence-electron chi connectivity index (χ2n) is 3.66. The van der Waals surface area contributed by atoms with Crippen LogP contribution < -0.4 is 0 Å². The molecule has 1 heterocycles. The summed E-state index contributed by atoms with van der Waals surface area (Å²) in [6, 6.07) is 7.64. The summed E-state index contributed by atoms with van der Waals surface area (Å²) in [4.78, 5) is 11.8. The van der Waals surface area contributed by atoms with Crippen LogP contribution >= 0.6 is 0 Å². The van der Waals surface area contributed by atoms with Gasteiger partial charge in [0.15, 0.2) is 5.76 Å². The van der Waals surface area contributed by atoms with Crippen molar-refractivity contribution in [2.75, 3.05) is 0 Å². The van der Waals surface area contributed by atoms with Gasteiger partial charge in [-0.3, -0.25) is 4.79 Å². The molecular weight excluding hydrogens is 207 g/mol. The second kappa shape index (κ2) is 4.31. The quantitative estimate of drug-likeness (QED) is 0.741. The van der Waals surface area contributed by atoms with E-state index in [1.807, 2.05) is 6.92 Å². The summed E-state index contributed by atoms with van der Waals surface area (Å²) in [7, 11) is 0. The lowest BCUT2D eigenvalue weighted by Gasteiger charge is -1.99. The van der Waals surface area contributed by atoms with E-state index in [0.29, 0.717) is 5.76 Å². The molecule has 2 rings (SSSR count). The lowest BCUT2D eigenvalue weighted by Crippen LogP contribution is -2.03. The topological polar surface area (TPSA) is 30.2 Å². The van der Waals surface area contributed by atoms with Crippen molar-refractivity contribution in [3.05, 3.63) is 59.3 Å². The number of ketones is 1. The number of halogens is 1. The molecule has 0 saturated heterocycles. The Balaban J connectivity index is 2.14. The zero-order valence-corrected chi connectivity index (χ0v) is 8.87. The van der Waals surface area contributed by atoms with Gasteiger partial charge in [0.1, 0.15) is 5.82 Å². The molecule has 0 atom stereocenters. The molecule has 0 saturated carbocycles. The lowest BCUT2D eigenvalue weighted by molar-refractivity contribution is 0.0965. The van der Waals surface area contributed by atoms with Crippen molar-refractivity contribution in [1.29, 1.82) is 0 Å². The van der Waals surface area contributed by atoms with Crippen molar-refractivity contribution in [2.24, 2.45) is 0 Å². The van der Waals surface area contributed by atoms with Crippen LogP contribution in [-0.2, 0) is 6.42 Å². The highest BCUT2D eigenvalue weighted by Crippen LogP contribution is 2.13. The first-order valence-electron chi connectivity index (χ1n) is 4.98. The number of carbonyl (C=O) groups excluding carboxylic acids is 1. The van der Waals surface area contributed by atoms with Crippen LogP contribution in [0.1, 0.15) is 21.7 Å². The van der Waals surface area contributed by atoms with Crippen molar-refractivity contribution in [2.45, 2.75) is 13.3 Å². The number of carbonyl (C=O) groups is 1. The second-order valence-corrected chi connectivity index (χ2v) is 3.66. The number of aryl methyl sites for hydroxylation is 1. The van der Waals surface area contributed by atoms with Crippen molar-refractivity contribution < 1.29 is 13.6 Å². The van der Waals surface area contributed by atoms with E-state index in [-0.39, 0.29) is 18.0 Å². The Bertz CT molecular complexity index is 497. The molecule has 16 heavy (non-hydrogen) atoms. The molecule has 0 fully saturated rings. The average molecular weight is 218 g/mol. The molecule has 3 heteroatoms. The average Bonchev–Trinajstić information content (AvgIpc) is 2.68. The molecular formula is C13H11FO2. The van der Waals surface area contributed by atoms with Crippen molar-refractivity contribution in [3.8, 4) is 0 Å². The molecule has 0 spiro atoms. The molecule has 2 aromatic rings. The molecule has 82 valence electrons. The summed E-state index contributed by atoms with van der Waals surface area (Å²) in [6.45, 7) is 1.82. The maximum absolute atomic E-state index is 12.7. The predicted molar refractivity (Wildman–Crippen MR) is 57.9 cm³/mol. The van der Waals surface area contributed by atoms with Gasteiger partial charge in [0.25, 0.3) is 0 Å². The highest BCUT2D eigenvalue weighted by Gasteiger charge is 2.12. The Labute approximate surface area is 92.7 Å². The Hall–Kier alpha value is -1.90. The third-order valence-corrected chi connectivity index (χ3v) is 2.39.